The SMILES string of the molecule is Cc1cccc(C(=O)Nc2ccc(NC(=O)CNc3cc(Cl)ccc3Cl)cc2)c1. The second-order valence-corrected chi connectivity index (χ2v) is 7.27. The monoisotopic (exact) mass is 427 g/mol. The Hall–Kier alpha value is -3.02. The Labute approximate surface area is 179 Å². The number of aryl methyl sites for hydroxylation is 1. The van der Waals surface area contributed by atoms with E-state index in [1.165, 1.54) is 0 Å². The molecule has 0 saturated heterocycles. The Morgan fingerprint density at radius 1 is 0.862 bits per heavy atom. The average Bonchev–Trinajstić information content (AvgIpc) is 2.70. The van der Waals surface area contributed by atoms with Crippen LogP contribution in [0.25, 0.3) is 0 Å². The Bertz CT molecular complexity index is 1040. The molecule has 0 aliphatic rings. The van der Waals surface area contributed by atoms with E-state index in [2.05, 4.69) is 16.0 Å². The molecule has 7 heteroatoms. The number of benzene rings is 3. The first-order valence-electron chi connectivity index (χ1n) is 8.87. The molecule has 0 saturated carbocycles. The number of carbonyl (C=O) groups is 2. The molecule has 0 spiro atoms. The third kappa shape index (κ3) is 5.98. The first-order chi connectivity index (χ1) is 13.9. The Balaban J connectivity index is 1.54. The lowest BCUT2D eigenvalue weighted by molar-refractivity contribution is -0.114. The second kappa shape index (κ2) is 9.45. The van der Waals surface area contributed by atoms with Gasteiger partial charge in [-0.1, -0.05) is 40.9 Å². The summed E-state index contributed by atoms with van der Waals surface area (Å²) in [4.78, 5) is 24.4. The van der Waals surface area contributed by atoms with Crippen molar-refractivity contribution in [2.45, 2.75) is 6.92 Å². The molecule has 3 rings (SSSR count). The van der Waals surface area contributed by atoms with Crippen molar-refractivity contribution < 1.29 is 9.59 Å². The number of halogens is 2. The standard InChI is InChI=1S/C22H19Cl2N3O2/c1-14-3-2-4-15(11-14)22(29)27-18-8-6-17(7-9-18)26-21(28)13-25-20-12-16(23)5-10-19(20)24/h2-12,25H,13H2,1H3,(H,26,28)(H,27,29). The molecule has 0 fully saturated rings. The Morgan fingerprint density at radius 3 is 2.24 bits per heavy atom. The zero-order valence-electron chi connectivity index (χ0n) is 15.6. The summed E-state index contributed by atoms with van der Waals surface area (Å²) >= 11 is 12.0. The van der Waals surface area contributed by atoms with Crippen molar-refractivity contribution in [3.63, 3.8) is 0 Å². The van der Waals surface area contributed by atoms with Gasteiger partial charge in [0.05, 0.1) is 17.3 Å². The molecule has 0 aromatic heterocycles. The summed E-state index contributed by atoms with van der Waals surface area (Å²) in [5.41, 5.74) is 3.45. The summed E-state index contributed by atoms with van der Waals surface area (Å²) < 4.78 is 0. The molecule has 3 aromatic carbocycles. The number of carbonyl (C=O) groups excluding carboxylic acids is 2. The third-order valence-electron chi connectivity index (χ3n) is 4.07. The molecule has 0 aliphatic heterocycles. The van der Waals surface area contributed by atoms with Crippen LogP contribution in [0, 0.1) is 6.92 Å². The number of hydrogen-bond acceptors (Lipinski definition) is 3. The number of hydrogen-bond donors (Lipinski definition) is 3. The van der Waals surface area contributed by atoms with Crippen LogP contribution in [0.3, 0.4) is 0 Å². The molecule has 0 bridgehead atoms. The van der Waals surface area contributed by atoms with E-state index in [4.69, 9.17) is 23.2 Å². The van der Waals surface area contributed by atoms with E-state index < -0.39 is 0 Å². The lowest BCUT2D eigenvalue weighted by Crippen LogP contribution is -2.21. The van der Waals surface area contributed by atoms with Crippen LogP contribution in [0.5, 0.6) is 0 Å². The third-order valence-corrected chi connectivity index (χ3v) is 4.64. The predicted octanol–water partition coefficient (Wildman–Crippen LogP) is 5.60. The van der Waals surface area contributed by atoms with Gasteiger partial charge in [-0.15, -0.1) is 0 Å². The summed E-state index contributed by atoms with van der Waals surface area (Å²) in [6, 6.07) is 19.2. The summed E-state index contributed by atoms with van der Waals surface area (Å²) in [5, 5.41) is 9.57. The first-order valence-corrected chi connectivity index (χ1v) is 9.63. The van der Waals surface area contributed by atoms with Crippen molar-refractivity contribution >= 4 is 52.1 Å². The van der Waals surface area contributed by atoms with Gasteiger partial charge in [-0.05, 0) is 61.5 Å². The number of rotatable bonds is 6. The van der Waals surface area contributed by atoms with E-state index in [1.807, 2.05) is 25.1 Å². The van der Waals surface area contributed by atoms with Crippen LogP contribution in [0.1, 0.15) is 15.9 Å². The maximum atomic E-state index is 12.3. The molecule has 2 amide bonds. The van der Waals surface area contributed by atoms with Crippen molar-refractivity contribution in [2.75, 3.05) is 22.5 Å². The van der Waals surface area contributed by atoms with E-state index in [0.717, 1.165) is 5.56 Å². The van der Waals surface area contributed by atoms with Crippen LogP contribution < -0.4 is 16.0 Å². The zero-order valence-corrected chi connectivity index (χ0v) is 17.1. The predicted molar refractivity (Wildman–Crippen MR) is 119 cm³/mol. The molecule has 5 nitrogen and oxygen atoms in total. The van der Waals surface area contributed by atoms with Crippen LogP contribution in [0.2, 0.25) is 10.0 Å². The molecule has 0 aliphatic carbocycles. The van der Waals surface area contributed by atoms with Crippen LogP contribution in [-0.4, -0.2) is 18.4 Å². The van der Waals surface area contributed by atoms with Crippen LogP contribution >= 0.6 is 23.2 Å². The molecule has 0 radical (unpaired) electrons. The van der Waals surface area contributed by atoms with Gasteiger partial charge in [0.25, 0.3) is 5.91 Å². The average molecular weight is 428 g/mol. The molecule has 0 unspecified atom stereocenters. The van der Waals surface area contributed by atoms with Gasteiger partial charge in [0, 0.05) is 22.0 Å². The maximum Gasteiger partial charge on any atom is 0.255 e. The number of amides is 2. The van der Waals surface area contributed by atoms with Gasteiger partial charge in [0.2, 0.25) is 5.91 Å². The van der Waals surface area contributed by atoms with Crippen LogP contribution in [0.4, 0.5) is 17.1 Å². The quantitative estimate of drug-likeness (QED) is 0.478. The lowest BCUT2D eigenvalue weighted by Gasteiger charge is -2.10. The van der Waals surface area contributed by atoms with Crippen molar-refractivity contribution in [3.8, 4) is 0 Å². The molecule has 0 heterocycles. The smallest absolute Gasteiger partial charge is 0.255 e. The van der Waals surface area contributed by atoms with Gasteiger partial charge >= 0.3 is 0 Å². The molecular weight excluding hydrogens is 409 g/mol. The Kier molecular flexibility index (Phi) is 6.75. The highest BCUT2D eigenvalue weighted by molar-refractivity contribution is 6.35. The fourth-order valence-corrected chi connectivity index (χ4v) is 3.00. The maximum absolute atomic E-state index is 12.3. The van der Waals surface area contributed by atoms with E-state index in [1.54, 1.807) is 48.5 Å². The van der Waals surface area contributed by atoms with Gasteiger partial charge in [-0.3, -0.25) is 9.59 Å². The fourth-order valence-electron chi connectivity index (χ4n) is 2.64. The highest BCUT2D eigenvalue weighted by Crippen LogP contribution is 2.25. The van der Waals surface area contributed by atoms with Crippen molar-refractivity contribution in [1.82, 2.24) is 0 Å². The molecule has 0 atom stereocenters. The van der Waals surface area contributed by atoms with Crippen molar-refractivity contribution in [1.29, 1.82) is 0 Å². The minimum absolute atomic E-state index is 0.0336. The highest BCUT2D eigenvalue weighted by atomic mass is 35.5. The molecule has 29 heavy (non-hydrogen) atoms. The van der Waals surface area contributed by atoms with Crippen molar-refractivity contribution in [2.24, 2.45) is 0 Å². The molecule has 3 N–H and O–H groups in total. The highest BCUT2D eigenvalue weighted by Gasteiger charge is 2.08. The molecular formula is C22H19Cl2N3O2. The van der Waals surface area contributed by atoms with E-state index in [-0.39, 0.29) is 18.4 Å². The van der Waals surface area contributed by atoms with Gasteiger partial charge in [-0.25, -0.2) is 0 Å². The van der Waals surface area contributed by atoms with E-state index in [9.17, 15) is 9.59 Å². The molecule has 148 valence electrons. The first kappa shape index (κ1) is 20.7. The normalized spacial score (nSPS) is 10.3. The zero-order chi connectivity index (χ0) is 20.8. The summed E-state index contributed by atoms with van der Waals surface area (Å²) in [6.07, 6.45) is 0. The van der Waals surface area contributed by atoms with Gasteiger partial charge in [-0.2, -0.15) is 0 Å². The topological polar surface area (TPSA) is 70.2 Å². The van der Waals surface area contributed by atoms with Crippen LogP contribution in [0.15, 0.2) is 66.7 Å². The Morgan fingerprint density at radius 2 is 1.55 bits per heavy atom. The fraction of sp³-hybridized carbons (Fsp3) is 0.0909. The summed E-state index contributed by atoms with van der Waals surface area (Å²) in [5.74, 6) is -0.425. The van der Waals surface area contributed by atoms with E-state index in [0.29, 0.717) is 32.7 Å². The lowest BCUT2D eigenvalue weighted by atomic mass is 10.1. The van der Waals surface area contributed by atoms with Gasteiger partial charge in [0.1, 0.15) is 0 Å². The van der Waals surface area contributed by atoms with Crippen molar-refractivity contribution in [3.05, 3.63) is 87.9 Å². The summed E-state index contributed by atoms with van der Waals surface area (Å²) in [7, 11) is 0. The largest absolute Gasteiger partial charge is 0.375 e. The minimum Gasteiger partial charge on any atom is -0.375 e. The molecule has 3 aromatic rings. The summed E-state index contributed by atoms with van der Waals surface area (Å²) in [6.45, 7) is 1.97. The number of nitrogens with one attached hydrogen (secondary N) is 3. The van der Waals surface area contributed by atoms with Crippen LogP contribution in [-0.2, 0) is 4.79 Å². The van der Waals surface area contributed by atoms with Gasteiger partial charge < -0.3 is 16.0 Å². The van der Waals surface area contributed by atoms with E-state index >= 15 is 0 Å². The number of anilines is 3. The van der Waals surface area contributed by atoms with Gasteiger partial charge in [0.15, 0.2) is 0 Å². The second-order valence-electron chi connectivity index (χ2n) is 6.43. The minimum atomic E-state index is -0.238.